The number of hydrogen-bond donors (Lipinski definition) is 3. The van der Waals surface area contributed by atoms with Crippen LogP contribution < -0.4 is 16.0 Å². The van der Waals surface area contributed by atoms with Gasteiger partial charge < -0.3 is 20.7 Å². The Balaban J connectivity index is 0.00000484. The first-order valence-corrected chi connectivity index (χ1v) is 7.22. The second kappa shape index (κ2) is 13.1. The first-order valence-electron chi connectivity index (χ1n) is 7.22. The summed E-state index contributed by atoms with van der Waals surface area (Å²) in [6, 6.07) is 5.59. The average Bonchev–Trinajstić information content (AvgIpc) is 2.51. The monoisotopic (exact) mass is 438 g/mol. The smallest absolute Gasteiger partial charge is 0.246 e. The molecule has 0 saturated heterocycles. The maximum atomic E-state index is 12.8. The van der Waals surface area contributed by atoms with E-state index < -0.39 is 0 Å². The van der Waals surface area contributed by atoms with Crippen LogP contribution in [-0.2, 0) is 9.53 Å². The van der Waals surface area contributed by atoms with E-state index >= 15 is 0 Å². The van der Waals surface area contributed by atoms with Gasteiger partial charge in [-0.2, -0.15) is 0 Å². The molecule has 23 heavy (non-hydrogen) atoms. The minimum absolute atomic E-state index is 0. The first kappa shape index (κ1) is 21.6. The predicted octanol–water partition coefficient (Wildman–Crippen LogP) is 1.97. The zero-order valence-corrected chi connectivity index (χ0v) is 15.7. The fraction of sp³-hybridized carbons (Fsp3) is 0.467. The van der Waals surface area contributed by atoms with Crippen molar-refractivity contribution >= 4 is 41.5 Å². The van der Waals surface area contributed by atoms with E-state index in [-0.39, 0.29) is 42.2 Å². The zero-order chi connectivity index (χ0) is 16.2. The van der Waals surface area contributed by atoms with Crippen LogP contribution in [-0.4, -0.2) is 45.2 Å². The second-order valence-electron chi connectivity index (χ2n) is 4.52. The first-order chi connectivity index (χ1) is 10.7. The lowest BCUT2D eigenvalue weighted by Crippen LogP contribution is -2.38. The van der Waals surface area contributed by atoms with E-state index in [2.05, 4.69) is 20.9 Å². The Morgan fingerprint density at radius 3 is 2.57 bits per heavy atom. The zero-order valence-electron chi connectivity index (χ0n) is 13.4. The number of benzene rings is 1. The van der Waals surface area contributed by atoms with Crippen LogP contribution in [0.2, 0.25) is 0 Å². The van der Waals surface area contributed by atoms with Gasteiger partial charge in [-0.05, 0) is 37.6 Å². The lowest BCUT2D eigenvalue weighted by molar-refractivity contribution is -0.114. The van der Waals surface area contributed by atoms with Crippen molar-refractivity contribution in [1.29, 1.82) is 0 Å². The Bertz CT molecular complexity index is 483. The number of carbonyl (C=O) groups excluding carboxylic acids is 1. The molecular weight excluding hydrogens is 414 g/mol. The van der Waals surface area contributed by atoms with Crippen molar-refractivity contribution in [3.63, 3.8) is 0 Å². The summed E-state index contributed by atoms with van der Waals surface area (Å²) in [6.07, 6.45) is 0.850. The van der Waals surface area contributed by atoms with Gasteiger partial charge in [-0.15, -0.1) is 24.0 Å². The molecule has 0 spiro atoms. The molecule has 0 unspecified atom stereocenters. The Morgan fingerprint density at radius 1 is 1.26 bits per heavy atom. The Kier molecular flexibility index (Phi) is 12.3. The van der Waals surface area contributed by atoms with Gasteiger partial charge in [-0.3, -0.25) is 4.79 Å². The third-order valence-corrected chi connectivity index (χ3v) is 2.67. The van der Waals surface area contributed by atoms with Crippen molar-refractivity contribution in [2.75, 3.05) is 38.7 Å². The molecule has 0 saturated carbocycles. The Labute approximate surface area is 153 Å². The van der Waals surface area contributed by atoms with Gasteiger partial charge in [0, 0.05) is 32.5 Å². The third-order valence-electron chi connectivity index (χ3n) is 2.67. The van der Waals surface area contributed by atoms with Crippen LogP contribution in [0.5, 0.6) is 0 Å². The highest BCUT2D eigenvalue weighted by atomic mass is 127. The SMILES string of the molecule is CCNC(=NCC(=O)Nc1ccc(F)cc1)NCCCOC.I. The van der Waals surface area contributed by atoms with Crippen LogP contribution in [0.3, 0.4) is 0 Å². The fourth-order valence-electron chi connectivity index (χ4n) is 1.65. The minimum atomic E-state index is -0.342. The van der Waals surface area contributed by atoms with Gasteiger partial charge in [-0.25, -0.2) is 9.38 Å². The summed E-state index contributed by atoms with van der Waals surface area (Å²) in [4.78, 5) is 16.0. The average molecular weight is 438 g/mol. The van der Waals surface area contributed by atoms with Gasteiger partial charge in [0.25, 0.3) is 0 Å². The van der Waals surface area contributed by atoms with E-state index in [4.69, 9.17) is 4.74 Å². The largest absolute Gasteiger partial charge is 0.385 e. The fourth-order valence-corrected chi connectivity index (χ4v) is 1.65. The molecule has 0 radical (unpaired) electrons. The molecule has 1 aromatic rings. The van der Waals surface area contributed by atoms with Crippen LogP contribution in [0.15, 0.2) is 29.3 Å². The van der Waals surface area contributed by atoms with E-state index in [0.29, 0.717) is 31.3 Å². The Morgan fingerprint density at radius 2 is 1.96 bits per heavy atom. The van der Waals surface area contributed by atoms with E-state index in [0.717, 1.165) is 6.42 Å². The summed E-state index contributed by atoms with van der Waals surface area (Å²) >= 11 is 0. The molecule has 1 amide bonds. The maximum absolute atomic E-state index is 12.8. The molecule has 0 aliphatic heterocycles. The van der Waals surface area contributed by atoms with Crippen LogP contribution in [0.25, 0.3) is 0 Å². The molecule has 0 bridgehead atoms. The molecule has 0 fully saturated rings. The van der Waals surface area contributed by atoms with Crippen molar-refractivity contribution < 1.29 is 13.9 Å². The van der Waals surface area contributed by atoms with Crippen molar-refractivity contribution in [1.82, 2.24) is 10.6 Å². The van der Waals surface area contributed by atoms with Crippen LogP contribution in [0.1, 0.15) is 13.3 Å². The van der Waals surface area contributed by atoms with Crippen LogP contribution >= 0.6 is 24.0 Å². The highest BCUT2D eigenvalue weighted by Gasteiger charge is 2.03. The van der Waals surface area contributed by atoms with Gasteiger partial charge in [-0.1, -0.05) is 0 Å². The highest BCUT2D eigenvalue weighted by molar-refractivity contribution is 14.0. The summed E-state index contributed by atoms with van der Waals surface area (Å²) in [7, 11) is 1.65. The quantitative estimate of drug-likeness (QED) is 0.251. The van der Waals surface area contributed by atoms with Gasteiger partial charge in [0.15, 0.2) is 5.96 Å². The number of nitrogens with one attached hydrogen (secondary N) is 3. The number of nitrogens with zero attached hydrogens (tertiary/aromatic N) is 1. The lowest BCUT2D eigenvalue weighted by Gasteiger charge is -2.11. The predicted molar refractivity (Wildman–Crippen MR) is 101 cm³/mol. The van der Waals surface area contributed by atoms with E-state index in [1.165, 1.54) is 24.3 Å². The van der Waals surface area contributed by atoms with E-state index in [1.807, 2.05) is 6.92 Å². The van der Waals surface area contributed by atoms with Crippen molar-refractivity contribution in [3.8, 4) is 0 Å². The van der Waals surface area contributed by atoms with Gasteiger partial charge in [0.2, 0.25) is 5.91 Å². The molecule has 8 heteroatoms. The topological polar surface area (TPSA) is 74.8 Å². The molecule has 0 atom stereocenters. The summed E-state index contributed by atoms with van der Waals surface area (Å²) in [5.74, 6) is -0.0285. The second-order valence-corrected chi connectivity index (χ2v) is 4.52. The van der Waals surface area contributed by atoms with E-state index in [1.54, 1.807) is 7.11 Å². The summed E-state index contributed by atoms with van der Waals surface area (Å²) in [5.41, 5.74) is 0.541. The summed E-state index contributed by atoms with van der Waals surface area (Å²) in [6.45, 7) is 4.01. The third kappa shape index (κ3) is 10.1. The molecule has 1 aromatic carbocycles. The minimum Gasteiger partial charge on any atom is -0.385 e. The molecule has 3 N–H and O–H groups in total. The number of halogens is 2. The number of amides is 1. The number of ether oxygens (including phenoxy) is 1. The van der Waals surface area contributed by atoms with Crippen molar-refractivity contribution in [2.24, 2.45) is 4.99 Å². The molecule has 6 nitrogen and oxygen atoms in total. The number of guanidine groups is 1. The van der Waals surface area contributed by atoms with Crippen molar-refractivity contribution in [3.05, 3.63) is 30.1 Å². The molecule has 130 valence electrons. The molecule has 0 aliphatic rings. The summed E-state index contributed by atoms with van der Waals surface area (Å²) in [5, 5.41) is 8.82. The van der Waals surface area contributed by atoms with Gasteiger partial charge in [0.05, 0.1) is 0 Å². The van der Waals surface area contributed by atoms with E-state index in [9.17, 15) is 9.18 Å². The number of carbonyl (C=O) groups is 1. The van der Waals surface area contributed by atoms with Gasteiger partial charge >= 0.3 is 0 Å². The molecule has 0 heterocycles. The van der Waals surface area contributed by atoms with Crippen LogP contribution in [0, 0.1) is 5.82 Å². The van der Waals surface area contributed by atoms with Crippen LogP contribution in [0.4, 0.5) is 10.1 Å². The molecule has 0 aromatic heterocycles. The number of methoxy groups -OCH3 is 1. The normalized spacial score (nSPS) is 10.7. The lowest BCUT2D eigenvalue weighted by atomic mass is 10.3. The number of rotatable bonds is 8. The number of anilines is 1. The maximum Gasteiger partial charge on any atom is 0.246 e. The molecule has 1 rings (SSSR count). The highest BCUT2D eigenvalue weighted by Crippen LogP contribution is 2.07. The van der Waals surface area contributed by atoms with Crippen molar-refractivity contribution in [2.45, 2.75) is 13.3 Å². The molecule has 0 aliphatic carbocycles. The van der Waals surface area contributed by atoms with Gasteiger partial charge in [0.1, 0.15) is 12.4 Å². The molecular formula is C15H24FIN4O2. The standard InChI is InChI=1S/C15H23FN4O2.HI/c1-3-17-15(18-9-4-10-22-2)19-11-14(21)20-13-7-5-12(16)6-8-13;/h5-8H,3-4,9-11H2,1-2H3,(H,20,21)(H2,17,18,19);1H. The number of aliphatic imine (C=N–C) groups is 1. The summed E-state index contributed by atoms with van der Waals surface area (Å²) < 4.78 is 17.7. The Hall–Kier alpha value is -1.42. The number of hydrogen-bond acceptors (Lipinski definition) is 3.